The largest absolute Gasteiger partial charge is 0.494 e. The van der Waals surface area contributed by atoms with Crippen molar-refractivity contribution in [2.75, 3.05) is 67.5 Å². The molecule has 0 bridgehead atoms. The number of hydroxylamine groups is 1. The van der Waals surface area contributed by atoms with Gasteiger partial charge in [0.25, 0.3) is 5.91 Å². The second kappa shape index (κ2) is 13.8. The van der Waals surface area contributed by atoms with Crippen molar-refractivity contribution in [2.24, 2.45) is 0 Å². The van der Waals surface area contributed by atoms with Crippen LogP contribution in [0.4, 0.5) is 33.1 Å². The molecule has 0 saturated carbocycles. The Morgan fingerprint density at radius 2 is 1.76 bits per heavy atom. The Bertz CT molecular complexity index is 1700. The van der Waals surface area contributed by atoms with Crippen LogP contribution in [0.3, 0.4) is 0 Å². The van der Waals surface area contributed by atoms with Crippen LogP contribution >= 0.6 is 0 Å². The molecule has 1 aromatic heterocycles. The number of nitrogens with one attached hydrogen (secondary N) is 2. The highest BCUT2D eigenvalue weighted by Gasteiger charge is 2.30. The summed E-state index contributed by atoms with van der Waals surface area (Å²) in [5.41, 5.74) is 2.69. The summed E-state index contributed by atoms with van der Waals surface area (Å²) in [6, 6.07) is 22.8. The lowest BCUT2D eigenvalue weighted by Crippen LogP contribution is -2.44. The van der Waals surface area contributed by atoms with Gasteiger partial charge < -0.3 is 29.9 Å². The second-order valence-electron chi connectivity index (χ2n) is 11.1. The zero-order valence-corrected chi connectivity index (χ0v) is 25.8. The number of rotatable bonds is 10. The highest BCUT2D eigenvalue weighted by Crippen LogP contribution is 2.40. The summed E-state index contributed by atoms with van der Waals surface area (Å²) in [4.78, 5) is 31.7. The number of aromatic nitrogens is 2. The number of likely N-dealkylation sites (N-methyl/N-ethyl adjacent to an activating group) is 1. The maximum absolute atomic E-state index is 13.8. The zero-order valence-electron chi connectivity index (χ0n) is 25.8. The van der Waals surface area contributed by atoms with E-state index in [2.05, 4.69) is 44.0 Å². The summed E-state index contributed by atoms with van der Waals surface area (Å²) in [5.74, 6) is 1.06. The topological polar surface area (TPSA) is 104 Å². The molecule has 0 radical (unpaired) electrons. The van der Waals surface area contributed by atoms with Crippen LogP contribution in [0, 0.1) is 0 Å². The van der Waals surface area contributed by atoms with Crippen LogP contribution in [0.2, 0.25) is 0 Å². The number of methoxy groups -OCH3 is 1. The Labute approximate surface area is 267 Å². The number of benzene rings is 3. The summed E-state index contributed by atoms with van der Waals surface area (Å²) in [6.45, 7) is 6.83. The van der Waals surface area contributed by atoms with Gasteiger partial charge in [0.2, 0.25) is 0 Å². The van der Waals surface area contributed by atoms with Gasteiger partial charge in [-0.15, -0.1) is 0 Å². The number of anilines is 5. The van der Waals surface area contributed by atoms with E-state index >= 15 is 0 Å². The first-order valence-corrected chi connectivity index (χ1v) is 15.0. The first-order chi connectivity index (χ1) is 22.4. The van der Waals surface area contributed by atoms with Gasteiger partial charge in [-0.3, -0.25) is 9.63 Å². The number of hydrogen-bond donors (Lipinski definition) is 2. The molecule has 2 saturated heterocycles. The Hall–Kier alpha value is -5.20. The summed E-state index contributed by atoms with van der Waals surface area (Å²) in [5, 5.41) is 7.72. The number of ether oxygens (including phenoxy) is 2. The molecule has 3 heterocycles. The molecular formula is C34H36FN7O4. The SMILES string of the molecule is C=C(F)C(=O)Nc1cc(Nc2cc(N3OCCC3c3cccc(Oc4ccccc4)c3)ncn2)c(OC)cc1N1CCN(C)CC1. The van der Waals surface area contributed by atoms with Gasteiger partial charge in [-0.1, -0.05) is 36.9 Å². The van der Waals surface area contributed by atoms with Crippen molar-refractivity contribution in [1.29, 1.82) is 0 Å². The number of nitrogens with zero attached hydrogens (tertiary/aromatic N) is 5. The summed E-state index contributed by atoms with van der Waals surface area (Å²) < 4.78 is 25.6. The van der Waals surface area contributed by atoms with Gasteiger partial charge >= 0.3 is 0 Å². The highest BCUT2D eigenvalue weighted by molar-refractivity contribution is 6.04. The lowest BCUT2D eigenvalue weighted by atomic mass is 10.0. The van der Waals surface area contributed by atoms with E-state index in [9.17, 15) is 9.18 Å². The highest BCUT2D eigenvalue weighted by atomic mass is 19.1. The Morgan fingerprint density at radius 3 is 2.52 bits per heavy atom. The average Bonchev–Trinajstić information content (AvgIpc) is 3.57. The fourth-order valence-electron chi connectivity index (χ4n) is 5.52. The number of carbonyl (C=O) groups excluding carboxylic acids is 1. The predicted octanol–water partition coefficient (Wildman–Crippen LogP) is 6.08. The Kier molecular flexibility index (Phi) is 9.27. The minimum Gasteiger partial charge on any atom is -0.494 e. The number of amides is 1. The smallest absolute Gasteiger partial charge is 0.283 e. The van der Waals surface area contributed by atoms with Crippen molar-refractivity contribution in [3.63, 3.8) is 0 Å². The second-order valence-corrected chi connectivity index (χ2v) is 11.1. The minimum absolute atomic E-state index is 0.102. The molecule has 46 heavy (non-hydrogen) atoms. The van der Waals surface area contributed by atoms with Gasteiger partial charge in [-0.05, 0) is 42.9 Å². The number of halogens is 1. The van der Waals surface area contributed by atoms with E-state index in [-0.39, 0.29) is 6.04 Å². The molecule has 2 aliphatic heterocycles. The first kappa shape index (κ1) is 30.8. The fourth-order valence-corrected chi connectivity index (χ4v) is 5.52. The maximum atomic E-state index is 13.8. The van der Waals surface area contributed by atoms with Crippen LogP contribution in [0.25, 0.3) is 0 Å². The molecule has 0 spiro atoms. The predicted molar refractivity (Wildman–Crippen MR) is 176 cm³/mol. The van der Waals surface area contributed by atoms with Crippen LogP contribution < -0.4 is 30.1 Å². The molecule has 2 aliphatic rings. The molecule has 12 heteroatoms. The number of hydrogen-bond acceptors (Lipinski definition) is 10. The number of para-hydroxylation sites is 1. The van der Waals surface area contributed by atoms with Crippen molar-refractivity contribution in [1.82, 2.24) is 14.9 Å². The van der Waals surface area contributed by atoms with E-state index in [0.717, 1.165) is 55.3 Å². The van der Waals surface area contributed by atoms with Crippen molar-refractivity contribution in [3.8, 4) is 17.2 Å². The monoisotopic (exact) mass is 625 g/mol. The lowest BCUT2D eigenvalue weighted by molar-refractivity contribution is -0.114. The number of piperazine rings is 1. The first-order valence-electron chi connectivity index (χ1n) is 15.0. The molecule has 4 aromatic rings. The van der Waals surface area contributed by atoms with Gasteiger partial charge in [0.05, 0.1) is 36.8 Å². The van der Waals surface area contributed by atoms with Crippen molar-refractivity contribution in [3.05, 3.63) is 97.1 Å². The zero-order chi connectivity index (χ0) is 32.0. The minimum atomic E-state index is -1.08. The molecule has 2 N–H and O–H groups in total. The molecule has 3 aromatic carbocycles. The average molecular weight is 626 g/mol. The normalized spacial score (nSPS) is 16.6. The Morgan fingerprint density at radius 1 is 0.978 bits per heavy atom. The summed E-state index contributed by atoms with van der Waals surface area (Å²) in [7, 11) is 3.63. The standard InChI is InChI=1S/C34H36FN7O4/c1-23(35)34(43)39-27-19-28(31(44-3)20-30(27)41-15-13-40(2)14-16-41)38-32-21-33(37-22-36-32)42-29(12-17-45-42)24-8-7-11-26(18-24)46-25-9-5-4-6-10-25/h4-11,18-22,29H,1,12-17H2,2-3H3,(H,39,43)(H,36,37,38). The quantitative estimate of drug-likeness (QED) is 0.202. The van der Waals surface area contributed by atoms with Gasteiger partial charge in [0.1, 0.15) is 29.4 Å². The van der Waals surface area contributed by atoms with Crippen molar-refractivity contribution < 1.29 is 23.5 Å². The summed E-state index contributed by atoms with van der Waals surface area (Å²) in [6.07, 6.45) is 2.21. The van der Waals surface area contributed by atoms with Crippen LogP contribution in [0.15, 0.2) is 91.5 Å². The number of carbonyl (C=O) groups is 1. The van der Waals surface area contributed by atoms with Crippen LogP contribution in [-0.4, -0.2) is 67.7 Å². The Balaban J connectivity index is 1.26. The molecule has 1 amide bonds. The molecule has 238 valence electrons. The van der Waals surface area contributed by atoms with E-state index < -0.39 is 11.7 Å². The van der Waals surface area contributed by atoms with Gasteiger partial charge in [-0.2, -0.15) is 0 Å². The molecular weight excluding hydrogens is 589 g/mol. The van der Waals surface area contributed by atoms with E-state index in [0.29, 0.717) is 35.4 Å². The van der Waals surface area contributed by atoms with E-state index in [4.69, 9.17) is 14.3 Å². The third-order valence-corrected chi connectivity index (χ3v) is 7.92. The van der Waals surface area contributed by atoms with Crippen molar-refractivity contribution >= 4 is 34.6 Å². The molecule has 6 rings (SSSR count). The van der Waals surface area contributed by atoms with Gasteiger partial charge in [-0.25, -0.2) is 19.4 Å². The fraction of sp³-hybridized carbons (Fsp3) is 0.265. The van der Waals surface area contributed by atoms with Crippen LogP contribution in [0.1, 0.15) is 18.0 Å². The molecule has 2 fully saturated rings. The van der Waals surface area contributed by atoms with E-state index in [1.54, 1.807) is 24.3 Å². The van der Waals surface area contributed by atoms with E-state index in [1.165, 1.54) is 6.33 Å². The molecule has 0 aliphatic carbocycles. The van der Waals surface area contributed by atoms with Gasteiger partial charge in [0.15, 0.2) is 11.6 Å². The van der Waals surface area contributed by atoms with Crippen molar-refractivity contribution in [2.45, 2.75) is 12.5 Å². The molecule has 1 unspecified atom stereocenters. The third kappa shape index (κ3) is 7.03. The maximum Gasteiger partial charge on any atom is 0.283 e. The third-order valence-electron chi connectivity index (χ3n) is 7.92. The summed E-state index contributed by atoms with van der Waals surface area (Å²) >= 11 is 0. The van der Waals surface area contributed by atoms with E-state index in [1.807, 2.05) is 60.7 Å². The van der Waals surface area contributed by atoms with Crippen LogP contribution in [-0.2, 0) is 9.63 Å². The lowest BCUT2D eigenvalue weighted by Gasteiger charge is -2.35. The molecule has 1 atom stereocenters. The molecule has 11 nitrogen and oxygen atoms in total. The van der Waals surface area contributed by atoms with Crippen LogP contribution in [0.5, 0.6) is 17.2 Å². The van der Waals surface area contributed by atoms with Gasteiger partial charge in [0, 0.05) is 44.7 Å².